The van der Waals surface area contributed by atoms with Gasteiger partial charge in [0.25, 0.3) is 0 Å². The van der Waals surface area contributed by atoms with E-state index in [1.165, 1.54) is 0 Å². The first-order valence-electron chi connectivity index (χ1n) is 5.47. The molecule has 1 aromatic carbocycles. The van der Waals surface area contributed by atoms with Crippen molar-refractivity contribution in [2.45, 2.75) is 19.6 Å². The quantitative estimate of drug-likeness (QED) is 0.866. The molecule has 2 aromatic rings. The molecule has 0 aliphatic carbocycles. The van der Waals surface area contributed by atoms with E-state index >= 15 is 0 Å². The lowest BCUT2D eigenvalue weighted by Gasteiger charge is -2.14. The summed E-state index contributed by atoms with van der Waals surface area (Å²) in [5, 5.41) is 2.70. The van der Waals surface area contributed by atoms with E-state index in [0.717, 1.165) is 20.7 Å². The van der Waals surface area contributed by atoms with Crippen LogP contribution in [0.15, 0.2) is 34.1 Å². The van der Waals surface area contributed by atoms with Crippen molar-refractivity contribution in [3.63, 3.8) is 0 Å². The highest BCUT2D eigenvalue weighted by molar-refractivity contribution is 9.10. The molecule has 0 aliphatic rings. The van der Waals surface area contributed by atoms with Gasteiger partial charge in [-0.05, 0) is 52.5 Å². The van der Waals surface area contributed by atoms with Crippen LogP contribution in [0.1, 0.15) is 23.4 Å². The molecule has 1 atom stereocenters. The summed E-state index contributed by atoms with van der Waals surface area (Å²) in [5.41, 5.74) is 6.84. The number of hydrogen-bond acceptors (Lipinski definition) is 3. The third-order valence-electron chi connectivity index (χ3n) is 2.51. The molecule has 0 fully saturated rings. The molecule has 96 valence electrons. The second-order valence-corrected chi connectivity index (χ2v) is 6.24. The van der Waals surface area contributed by atoms with Crippen LogP contribution in [0.25, 0.3) is 0 Å². The molecule has 0 bridgehead atoms. The lowest BCUT2D eigenvalue weighted by molar-refractivity contribution is 0.304. The van der Waals surface area contributed by atoms with E-state index in [1.807, 2.05) is 36.6 Å². The zero-order chi connectivity index (χ0) is 13.1. The van der Waals surface area contributed by atoms with Gasteiger partial charge in [-0.2, -0.15) is 0 Å². The second kappa shape index (κ2) is 6.06. The highest BCUT2D eigenvalue weighted by Crippen LogP contribution is 2.29. The van der Waals surface area contributed by atoms with Gasteiger partial charge in [-0.15, -0.1) is 11.3 Å². The van der Waals surface area contributed by atoms with Gasteiger partial charge in [0.05, 0.1) is 4.88 Å². The Kier molecular flexibility index (Phi) is 4.67. The average Bonchev–Trinajstić information content (AvgIpc) is 2.73. The number of thiophene rings is 1. The molecule has 0 amide bonds. The Morgan fingerprint density at radius 3 is 2.83 bits per heavy atom. The van der Waals surface area contributed by atoms with Crippen molar-refractivity contribution in [2.75, 3.05) is 0 Å². The molecule has 2 N–H and O–H groups in total. The molecule has 0 aliphatic heterocycles. The van der Waals surface area contributed by atoms with Crippen LogP contribution in [0.5, 0.6) is 5.75 Å². The van der Waals surface area contributed by atoms with Gasteiger partial charge in [0, 0.05) is 21.1 Å². The normalized spacial score (nSPS) is 12.4. The van der Waals surface area contributed by atoms with Gasteiger partial charge < -0.3 is 10.5 Å². The minimum absolute atomic E-state index is 0.106. The van der Waals surface area contributed by atoms with Gasteiger partial charge in [0.1, 0.15) is 12.4 Å². The number of rotatable bonds is 4. The van der Waals surface area contributed by atoms with Crippen LogP contribution in [0.3, 0.4) is 0 Å². The minimum atomic E-state index is -0.106. The first kappa shape index (κ1) is 13.9. The second-order valence-electron chi connectivity index (χ2n) is 3.95. The maximum Gasteiger partial charge on any atom is 0.124 e. The molecule has 2 nitrogen and oxygen atoms in total. The van der Waals surface area contributed by atoms with Crippen molar-refractivity contribution in [1.29, 1.82) is 0 Å². The van der Waals surface area contributed by atoms with Crippen molar-refractivity contribution in [3.05, 3.63) is 49.6 Å². The van der Waals surface area contributed by atoms with Crippen LogP contribution >= 0.6 is 38.9 Å². The van der Waals surface area contributed by atoms with Crippen molar-refractivity contribution < 1.29 is 4.74 Å². The fraction of sp³-hybridized carbons (Fsp3) is 0.231. The van der Waals surface area contributed by atoms with Crippen molar-refractivity contribution in [1.82, 2.24) is 0 Å². The van der Waals surface area contributed by atoms with Gasteiger partial charge in [0.15, 0.2) is 0 Å². The van der Waals surface area contributed by atoms with Gasteiger partial charge in [-0.3, -0.25) is 0 Å². The largest absolute Gasteiger partial charge is 0.488 e. The SMILES string of the molecule is C[C@H](N)c1cc(Cl)ccc1OCc1sccc1Br. The Balaban J connectivity index is 2.16. The van der Waals surface area contributed by atoms with E-state index in [9.17, 15) is 0 Å². The Labute approximate surface area is 124 Å². The third-order valence-corrected chi connectivity index (χ3v) is 4.65. The smallest absolute Gasteiger partial charge is 0.124 e. The summed E-state index contributed by atoms with van der Waals surface area (Å²) >= 11 is 11.1. The number of hydrogen-bond donors (Lipinski definition) is 1. The number of ether oxygens (including phenoxy) is 1. The van der Waals surface area contributed by atoms with Crippen LogP contribution in [0.4, 0.5) is 0 Å². The molecule has 2 rings (SSSR count). The predicted molar refractivity (Wildman–Crippen MR) is 80.4 cm³/mol. The molecular weight excluding hydrogens is 334 g/mol. The Morgan fingerprint density at radius 2 is 2.22 bits per heavy atom. The number of benzene rings is 1. The van der Waals surface area contributed by atoms with Gasteiger partial charge in [-0.1, -0.05) is 11.6 Å². The van der Waals surface area contributed by atoms with Crippen LogP contribution in [-0.2, 0) is 6.61 Å². The number of halogens is 2. The molecular formula is C13H13BrClNOS. The topological polar surface area (TPSA) is 35.2 Å². The zero-order valence-corrected chi connectivity index (χ0v) is 13.0. The lowest BCUT2D eigenvalue weighted by Crippen LogP contribution is -2.08. The van der Waals surface area contributed by atoms with Crippen LogP contribution < -0.4 is 10.5 Å². The predicted octanol–water partition coefficient (Wildman–Crippen LogP) is 4.76. The van der Waals surface area contributed by atoms with Crippen molar-refractivity contribution >= 4 is 38.9 Å². The highest BCUT2D eigenvalue weighted by Gasteiger charge is 2.10. The summed E-state index contributed by atoms with van der Waals surface area (Å²) < 4.78 is 6.89. The third kappa shape index (κ3) is 3.26. The van der Waals surface area contributed by atoms with Crippen LogP contribution in [0.2, 0.25) is 5.02 Å². The first-order valence-corrected chi connectivity index (χ1v) is 7.52. The van der Waals surface area contributed by atoms with Crippen LogP contribution in [0, 0.1) is 0 Å². The Bertz CT molecular complexity index is 542. The van der Waals surface area contributed by atoms with E-state index in [2.05, 4.69) is 15.9 Å². The highest BCUT2D eigenvalue weighted by atomic mass is 79.9. The Hall–Kier alpha value is -0.550. The lowest BCUT2D eigenvalue weighted by atomic mass is 10.1. The number of nitrogens with two attached hydrogens (primary N) is 1. The van der Waals surface area contributed by atoms with E-state index in [-0.39, 0.29) is 6.04 Å². The minimum Gasteiger partial charge on any atom is -0.488 e. The van der Waals surface area contributed by atoms with Gasteiger partial charge in [-0.25, -0.2) is 0 Å². The van der Waals surface area contributed by atoms with Gasteiger partial charge >= 0.3 is 0 Å². The molecule has 1 heterocycles. The molecule has 0 unspecified atom stereocenters. The summed E-state index contributed by atoms with van der Waals surface area (Å²) in [6, 6.07) is 7.43. The molecule has 0 radical (unpaired) electrons. The molecule has 0 spiro atoms. The van der Waals surface area contributed by atoms with Gasteiger partial charge in [0.2, 0.25) is 0 Å². The average molecular weight is 347 g/mol. The fourth-order valence-corrected chi connectivity index (χ4v) is 3.14. The van der Waals surface area contributed by atoms with E-state index in [4.69, 9.17) is 22.1 Å². The van der Waals surface area contributed by atoms with Crippen LogP contribution in [-0.4, -0.2) is 0 Å². The molecule has 0 saturated carbocycles. The summed E-state index contributed by atoms with van der Waals surface area (Å²) in [5.74, 6) is 0.787. The zero-order valence-electron chi connectivity index (χ0n) is 9.82. The molecule has 0 saturated heterocycles. The first-order chi connectivity index (χ1) is 8.58. The summed E-state index contributed by atoms with van der Waals surface area (Å²) in [7, 11) is 0. The summed E-state index contributed by atoms with van der Waals surface area (Å²) in [6.07, 6.45) is 0. The summed E-state index contributed by atoms with van der Waals surface area (Å²) in [4.78, 5) is 1.15. The van der Waals surface area contributed by atoms with Crippen molar-refractivity contribution in [3.8, 4) is 5.75 Å². The summed E-state index contributed by atoms with van der Waals surface area (Å²) in [6.45, 7) is 2.44. The van der Waals surface area contributed by atoms with E-state index in [1.54, 1.807) is 11.3 Å². The molecule has 1 aromatic heterocycles. The maximum absolute atomic E-state index is 5.97. The van der Waals surface area contributed by atoms with E-state index < -0.39 is 0 Å². The van der Waals surface area contributed by atoms with Crippen molar-refractivity contribution in [2.24, 2.45) is 5.73 Å². The fourth-order valence-electron chi connectivity index (χ4n) is 1.58. The van der Waals surface area contributed by atoms with E-state index in [0.29, 0.717) is 11.6 Å². The standard InChI is InChI=1S/C13H13BrClNOS/c1-8(16)10-6-9(15)2-3-12(10)17-7-13-11(14)4-5-18-13/h2-6,8H,7,16H2,1H3/t8-/m0/s1. The molecule has 18 heavy (non-hydrogen) atoms. The monoisotopic (exact) mass is 345 g/mol. The maximum atomic E-state index is 5.97. The Morgan fingerprint density at radius 1 is 1.44 bits per heavy atom. The molecule has 5 heteroatoms.